The largest absolute Gasteiger partial charge is 0.391 e. The van der Waals surface area contributed by atoms with E-state index in [0.717, 1.165) is 17.5 Å². The number of nitrogens with one attached hydrogen (secondary N) is 2. The molecule has 29 heavy (non-hydrogen) atoms. The Morgan fingerprint density at radius 2 is 1.83 bits per heavy atom. The zero-order valence-corrected chi connectivity index (χ0v) is 16.2. The topological polar surface area (TPSA) is 66.9 Å². The van der Waals surface area contributed by atoms with Crippen LogP contribution in [-0.2, 0) is 4.79 Å². The van der Waals surface area contributed by atoms with E-state index in [1.165, 1.54) is 0 Å². The Labute approximate surface area is 166 Å². The van der Waals surface area contributed by atoms with Crippen molar-refractivity contribution < 1.29 is 18.0 Å². The minimum Gasteiger partial charge on any atom is -0.307 e. The number of alkyl halides is 3. The number of aromatic amines is 1. The summed E-state index contributed by atoms with van der Waals surface area (Å²) in [5, 5.41) is 3.25. The molecule has 2 heterocycles. The van der Waals surface area contributed by atoms with E-state index in [0.29, 0.717) is 32.2 Å². The first kappa shape index (κ1) is 20.2. The van der Waals surface area contributed by atoms with Gasteiger partial charge in [-0.25, -0.2) is 4.79 Å². The number of para-hydroxylation sites is 2. The summed E-state index contributed by atoms with van der Waals surface area (Å²) in [7, 11) is 0. The molecule has 2 aliphatic rings. The van der Waals surface area contributed by atoms with Crippen molar-refractivity contribution in [2.24, 2.45) is 11.8 Å². The number of nitrogens with zero attached hydrogens (tertiary/aromatic N) is 1. The van der Waals surface area contributed by atoms with Gasteiger partial charge in [-0.2, -0.15) is 13.2 Å². The number of carbonyl (C=O) groups is 1. The molecule has 0 bridgehead atoms. The van der Waals surface area contributed by atoms with Crippen LogP contribution in [0.2, 0.25) is 0 Å². The van der Waals surface area contributed by atoms with Gasteiger partial charge in [0.1, 0.15) is 5.78 Å². The van der Waals surface area contributed by atoms with Gasteiger partial charge in [0.2, 0.25) is 0 Å². The Hall–Kier alpha value is -2.09. The monoisotopic (exact) mass is 409 g/mol. The Balaban J connectivity index is 1.39. The van der Waals surface area contributed by atoms with E-state index < -0.39 is 12.1 Å². The maximum absolute atomic E-state index is 12.8. The quantitative estimate of drug-likeness (QED) is 0.804. The van der Waals surface area contributed by atoms with E-state index >= 15 is 0 Å². The first-order valence-corrected chi connectivity index (χ1v) is 10.3. The molecule has 2 fully saturated rings. The van der Waals surface area contributed by atoms with Crippen molar-refractivity contribution in [1.29, 1.82) is 0 Å². The molecule has 1 aliphatic heterocycles. The number of hydrogen-bond acceptors (Lipinski definition) is 3. The van der Waals surface area contributed by atoms with Gasteiger partial charge in [0.15, 0.2) is 0 Å². The molecule has 4 rings (SSSR count). The van der Waals surface area contributed by atoms with E-state index in [-0.39, 0.29) is 42.3 Å². The standard InChI is InChI=1S/C21H26F3N3O2/c22-21(23,24)14-7-5-13(6-8-14)11-19(28)17-12-15(9-10-25-17)27-18-4-2-1-3-16(18)26-20(27)29/h1-4,13-15,17,25H,5-12H2,(H,26,29). The number of benzene rings is 1. The van der Waals surface area contributed by atoms with E-state index in [1.54, 1.807) is 4.57 Å². The predicted molar refractivity (Wildman–Crippen MR) is 104 cm³/mol. The number of carbonyl (C=O) groups excluding carboxylic acids is 1. The maximum Gasteiger partial charge on any atom is 0.391 e. The number of imidazole rings is 1. The molecule has 1 aromatic carbocycles. The number of rotatable bonds is 4. The maximum atomic E-state index is 12.8. The molecule has 5 nitrogen and oxygen atoms in total. The molecule has 1 aliphatic carbocycles. The SMILES string of the molecule is O=C(CC1CCC(C(F)(F)F)CC1)C1CC(n2c(=O)[nH]c3ccccc32)CCN1. The number of ketones is 1. The van der Waals surface area contributed by atoms with Gasteiger partial charge in [-0.1, -0.05) is 12.1 Å². The third kappa shape index (κ3) is 4.27. The highest BCUT2D eigenvalue weighted by Gasteiger charge is 2.42. The van der Waals surface area contributed by atoms with E-state index in [9.17, 15) is 22.8 Å². The summed E-state index contributed by atoms with van der Waals surface area (Å²) in [6.45, 7) is 0.633. The van der Waals surface area contributed by atoms with Crippen LogP contribution in [0, 0.1) is 11.8 Å². The number of H-pyrrole nitrogens is 1. The summed E-state index contributed by atoms with van der Waals surface area (Å²) >= 11 is 0. The molecule has 2 aromatic rings. The number of hydrogen-bond donors (Lipinski definition) is 2. The predicted octanol–water partition coefficient (Wildman–Crippen LogP) is 3.95. The van der Waals surface area contributed by atoms with E-state index in [2.05, 4.69) is 10.3 Å². The molecule has 1 saturated carbocycles. The first-order chi connectivity index (χ1) is 13.8. The Morgan fingerprint density at radius 1 is 1.10 bits per heavy atom. The van der Waals surface area contributed by atoms with Gasteiger partial charge in [0, 0.05) is 12.5 Å². The van der Waals surface area contributed by atoms with Crippen molar-refractivity contribution in [3.63, 3.8) is 0 Å². The summed E-state index contributed by atoms with van der Waals surface area (Å²) in [6, 6.07) is 7.07. The van der Waals surface area contributed by atoms with Crippen LogP contribution in [0.25, 0.3) is 11.0 Å². The third-order valence-electron chi connectivity index (χ3n) is 6.55. The Morgan fingerprint density at radius 3 is 2.55 bits per heavy atom. The van der Waals surface area contributed by atoms with Crippen molar-refractivity contribution in [2.45, 2.75) is 63.2 Å². The van der Waals surface area contributed by atoms with E-state index in [1.807, 2.05) is 24.3 Å². The fourth-order valence-electron chi connectivity index (χ4n) is 4.93. The molecule has 158 valence electrons. The molecule has 2 unspecified atom stereocenters. The van der Waals surface area contributed by atoms with Crippen molar-refractivity contribution in [3.05, 3.63) is 34.7 Å². The van der Waals surface area contributed by atoms with Crippen LogP contribution in [0.3, 0.4) is 0 Å². The molecular formula is C21H26F3N3O2. The highest BCUT2D eigenvalue weighted by Crippen LogP contribution is 2.40. The first-order valence-electron chi connectivity index (χ1n) is 10.3. The molecule has 2 atom stereocenters. The van der Waals surface area contributed by atoms with Gasteiger partial charge in [-0.15, -0.1) is 0 Å². The van der Waals surface area contributed by atoms with Gasteiger partial charge in [0.25, 0.3) is 0 Å². The number of piperidine rings is 1. The van der Waals surface area contributed by atoms with Crippen molar-refractivity contribution in [2.75, 3.05) is 6.54 Å². The summed E-state index contributed by atoms with van der Waals surface area (Å²) < 4.78 is 40.2. The highest BCUT2D eigenvalue weighted by atomic mass is 19.4. The molecule has 0 radical (unpaired) electrons. The number of fused-ring (bicyclic) bond motifs is 1. The Kier molecular flexibility index (Phi) is 5.55. The average molecular weight is 409 g/mol. The average Bonchev–Trinajstić information content (AvgIpc) is 3.03. The zero-order valence-electron chi connectivity index (χ0n) is 16.2. The van der Waals surface area contributed by atoms with E-state index in [4.69, 9.17) is 0 Å². The lowest BCUT2D eigenvalue weighted by Gasteiger charge is -2.33. The van der Waals surface area contributed by atoms with Crippen LogP contribution in [0.1, 0.15) is 51.0 Å². The van der Waals surface area contributed by atoms with Gasteiger partial charge < -0.3 is 10.3 Å². The van der Waals surface area contributed by atoms with Crippen molar-refractivity contribution >= 4 is 16.8 Å². The number of Topliss-reactive ketones (excluding diaryl/α,β-unsaturated/α-hetero) is 1. The van der Waals surface area contributed by atoms with Gasteiger partial charge >= 0.3 is 11.9 Å². The van der Waals surface area contributed by atoms with Crippen LogP contribution in [0.5, 0.6) is 0 Å². The lowest BCUT2D eigenvalue weighted by Crippen LogP contribution is -2.45. The second-order valence-corrected chi connectivity index (χ2v) is 8.43. The van der Waals surface area contributed by atoms with Crippen LogP contribution in [0.4, 0.5) is 13.2 Å². The van der Waals surface area contributed by atoms with Crippen LogP contribution in [0.15, 0.2) is 29.1 Å². The number of halogens is 3. The number of aromatic nitrogens is 2. The van der Waals surface area contributed by atoms with Crippen molar-refractivity contribution in [1.82, 2.24) is 14.9 Å². The molecule has 2 N–H and O–H groups in total. The van der Waals surface area contributed by atoms with Crippen LogP contribution < -0.4 is 11.0 Å². The summed E-state index contributed by atoms with van der Waals surface area (Å²) in [5.41, 5.74) is 1.44. The Bertz CT molecular complexity index is 925. The van der Waals surface area contributed by atoms with Crippen LogP contribution in [-0.4, -0.2) is 34.1 Å². The lowest BCUT2D eigenvalue weighted by atomic mass is 9.78. The molecule has 1 aromatic heterocycles. The molecule has 1 saturated heterocycles. The van der Waals surface area contributed by atoms with Gasteiger partial charge in [-0.05, 0) is 63.1 Å². The minimum absolute atomic E-state index is 0.0269. The molecule has 0 spiro atoms. The second kappa shape index (κ2) is 7.97. The van der Waals surface area contributed by atoms with Crippen LogP contribution >= 0.6 is 0 Å². The minimum atomic E-state index is -4.13. The normalized spacial score (nSPS) is 28.5. The second-order valence-electron chi connectivity index (χ2n) is 8.43. The fraction of sp³-hybridized carbons (Fsp3) is 0.619. The highest BCUT2D eigenvalue weighted by molar-refractivity contribution is 5.84. The molecular weight excluding hydrogens is 383 g/mol. The summed E-state index contributed by atoms with van der Waals surface area (Å²) in [5.74, 6) is -1.14. The van der Waals surface area contributed by atoms with Crippen molar-refractivity contribution in [3.8, 4) is 0 Å². The van der Waals surface area contributed by atoms with Gasteiger partial charge in [0.05, 0.1) is 23.0 Å². The molecule has 0 amide bonds. The summed E-state index contributed by atoms with van der Waals surface area (Å²) in [4.78, 5) is 28.1. The smallest absolute Gasteiger partial charge is 0.307 e. The fourth-order valence-corrected chi connectivity index (χ4v) is 4.93. The lowest BCUT2D eigenvalue weighted by molar-refractivity contribution is -0.184. The molecule has 8 heteroatoms. The third-order valence-corrected chi connectivity index (χ3v) is 6.55. The van der Waals surface area contributed by atoms with Gasteiger partial charge in [-0.3, -0.25) is 9.36 Å². The zero-order chi connectivity index (χ0) is 20.6. The summed E-state index contributed by atoms with van der Waals surface area (Å²) in [6.07, 6.45) is -1.39.